The Balaban J connectivity index is 1.30. The number of hydrogen-bond donors (Lipinski definition) is 1. The van der Waals surface area contributed by atoms with Crippen molar-refractivity contribution in [2.24, 2.45) is 5.41 Å². The molecule has 12 heteroatoms. The summed E-state index contributed by atoms with van der Waals surface area (Å²) in [5, 5.41) is 7.79. The quantitative estimate of drug-likeness (QED) is 0.246. The van der Waals surface area contributed by atoms with Crippen LogP contribution in [0.25, 0.3) is 22.2 Å². The van der Waals surface area contributed by atoms with E-state index in [2.05, 4.69) is 48.2 Å². The number of ketones is 1. The number of halogens is 2. The molecule has 1 N–H and O–H groups in total. The van der Waals surface area contributed by atoms with Crippen molar-refractivity contribution in [3.63, 3.8) is 0 Å². The summed E-state index contributed by atoms with van der Waals surface area (Å²) in [5.74, 6) is -1.11. The molecule has 2 amide bonds. The first-order valence-corrected chi connectivity index (χ1v) is 14.0. The molecule has 10 nitrogen and oxygen atoms in total. The van der Waals surface area contributed by atoms with Gasteiger partial charge in [0.25, 0.3) is 0 Å². The van der Waals surface area contributed by atoms with E-state index < -0.39 is 12.0 Å². The Hall–Kier alpha value is -4.06. The number of hydrogen-bond acceptors (Lipinski definition) is 7. The van der Waals surface area contributed by atoms with E-state index in [4.69, 9.17) is 0 Å². The minimum Gasteiger partial charge on any atom is -0.325 e. The van der Waals surface area contributed by atoms with Crippen LogP contribution in [0.5, 0.6) is 0 Å². The lowest BCUT2D eigenvalue weighted by molar-refractivity contribution is -0.138. The summed E-state index contributed by atoms with van der Waals surface area (Å²) in [6.07, 6.45) is 2.84. The Morgan fingerprint density at radius 2 is 1.93 bits per heavy atom. The predicted molar refractivity (Wildman–Crippen MR) is 153 cm³/mol. The number of Topliss-reactive ketones (excluding diaryl/α,β-unsaturated/α-hetero) is 1. The van der Waals surface area contributed by atoms with E-state index in [1.165, 1.54) is 17.8 Å². The van der Waals surface area contributed by atoms with Crippen LogP contribution in [0, 0.1) is 25.2 Å². The van der Waals surface area contributed by atoms with Gasteiger partial charge in [0.2, 0.25) is 17.8 Å². The Kier molecular flexibility index (Phi) is 6.48. The zero-order valence-electron chi connectivity index (χ0n) is 22.9. The van der Waals surface area contributed by atoms with Gasteiger partial charge in [0.15, 0.2) is 5.78 Å². The molecular weight excluding hydrogens is 593 g/mol. The molecule has 0 aromatic carbocycles. The number of carbonyl (C=O) groups is 3. The molecule has 1 unspecified atom stereocenters. The number of piperidine rings is 1. The maximum absolute atomic E-state index is 14.6. The minimum atomic E-state index is -0.665. The van der Waals surface area contributed by atoms with Gasteiger partial charge < -0.3 is 10.2 Å². The number of amides is 2. The fourth-order valence-electron chi connectivity index (χ4n) is 5.72. The van der Waals surface area contributed by atoms with Crippen molar-refractivity contribution < 1.29 is 18.8 Å². The Morgan fingerprint density at radius 3 is 2.66 bits per heavy atom. The van der Waals surface area contributed by atoms with Gasteiger partial charge in [-0.15, -0.1) is 0 Å². The highest BCUT2D eigenvalue weighted by Crippen LogP contribution is 2.59. The van der Waals surface area contributed by atoms with E-state index in [1.54, 1.807) is 36.1 Å². The molecular formula is C29H27BrFN7O3. The smallest absolute Gasteiger partial charge is 0.248 e. The van der Waals surface area contributed by atoms with E-state index in [1.807, 2.05) is 13.0 Å². The van der Waals surface area contributed by atoms with Crippen LogP contribution in [0.2, 0.25) is 0 Å². The maximum Gasteiger partial charge on any atom is 0.248 e. The van der Waals surface area contributed by atoms with Crippen molar-refractivity contribution in [2.45, 2.75) is 59.2 Å². The van der Waals surface area contributed by atoms with Crippen molar-refractivity contribution in [3.8, 4) is 11.3 Å². The first kappa shape index (κ1) is 27.1. The minimum absolute atomic E-state index is 0.0573. The molecule has 0 bridgehead atoms. The van der Waals surface area contributed by atoms with E-state index in [9.17, 15) is 18.8 Å². The van der Waals surface area contributed by atoms with Crippen molar-refractivity contribution in [3.05, 3.63) is 64.0 Å². The van der Waals surface area contributed by atoms with Crippen LogP contribution in [0.1, 0.15) is 48.4 Å². The molecule has 0 radical (unpaired) electrons. The standard InChI is InChI=1S/C29H27BrFN7O3/c1-14-5-8-23(30)34-27(14)35-28(41)20-10-29(4)11-22(29)38(20)24(40)13-37-21-12-32-19(9-18(21)25(36-37)16(3)39)17-7-6-15(2)33-26(17)31/h5-9,12,20,22H,10-11,13H2,1-4H3,(H,34,35,41)/t20-,22?,29-/m0/s1. The average molecular weight is 620 g/mol. The molecule has 2 aliphatic rings. The summed E-state index contributed by atoms with van der Waals surface area (Å²) in [4.78, 5) is 54.0. The molecule has 2 fully saturated rings. The van der Waals surface area contributed by atoms with Gasteiger partial charge in [0.1, 0.15) is 28.7 Å². The van der Waals surface area contributed by atoms with Gasteiger partial charge in [-0.05, 0) is 77.9 Å². The summed E-state index contributed by atoms with van der Waals surface area (Å²) in [6.45, 7) is 6.82. The summed E-state index contributed by atoms with van der Waals surface area (Å²) in [7, 11) is 0. The highest BCUT2D eigenvalue weighted by molar-refractivity contribution is 9.10. The topological polar surface area (TPSA) is 123 Å². The summed E-state index contributed by atoms with van der Waals surface area (Å²) in [5.41, 5.74) is 2.33. The summed E-state index contributed by atoms with van der Waals surface area (Å²) < 4.78 is 16.6. The number of aryl methyl sites for hydroxylation is 2. The van der Waals surface area contributed by atoms with Crippen LogP contribution in [0.4, 0.5) is 10.2 Å². The van der Waals surface area contributed by atoms with Crippen LogP contribution in [0.15, 0.2) is 41.1 Å². The SMILES string of the molecule is CC(=O)c1nn(CC(=O)N2C3C[C@]3(C)C[C@H]2C(=O)Nc2nc(Br)ccc2C)c2cnc(-c3ccc(C)nc3F)cc12. The number of carbonyl (C=O) groups excluding carboxylic acids is 3. The molecule has 5 heterocycles. The van der Waals surface area contributed by atoms with E-state index in [0.29, 0.717) is 39.1 Å². The summed E-state index contributed by atoms with van der Waals surface area (Å²) in [6, 6.07) is 7.78. The first-order valence-electron chi connectivity index (χ1n) is 13.2. The zero-order valence-corrected chi connectivity index (χ0v) is 24.5. The lowest BCUT2D eigenvalue weighted by Crippen LogP contribution is -2.47. The number of nitrogens with zero attached hydrogens (tertiary/aromatic N) is 6. The Morgan fingerprint density at radius 1 is 1.15 bits per heavy atom. The first-order chi connectivity index (χ1) is 19.4. The number of aromatic nitrogens is 5. The number of likely N-dealkylation sites (tertiary alicyclic amines) is 1. The highest BCUT2D eigenvalue weighted by Gasteiger charge is 2.64. The molecule has 1 aliphatic heterocycles. The average Bonchev–Trinajstić information content (AvgIpc) is 3.28. The van der Waals surface area contributed by atoms with Crippen LogP contribution in [-0.4, -0.2) is 59.3 Å². The lowest BCUT2D eigenvalue weighted by atomic mass is 10.0. The second kappa shape index (κ2) is 9.79. The van der Waals surface area contributed by atoms with Crippen molar-refractivity contribution >= 4 is 50.2 Å². The molecule has 4 aromatic heterocycles. The molecule has 3 atom stereocenters. The zero-order chi connectivity index (χ0) is 29.2. The summed E-state index contributed by atoms with van der Waals surface area (Å²) >= 11 is 3.34. The second-order valence-electron chi connectivity index (χ2n) is 11.1. The van der Waals surface area contributed by atoms with Gasteiger partial charge in [-0.2, -0.15) is 9.49 Å². The van der Waals surface area contributed by atoms with Crippen molar-refractivity contribution in [1.29, 1.82) is 0 Å². The second-order valence-corrected chi connectivity index (χ2v) is 11.9. The van der Waals surface area contributed by atoms with Crippen LogP contribution in [0.3, 0.4) is 0 Å². The van der Waals surface area contributed by atoms with Gasteiger partial charge in [0.05, 0.1) is 23.0 Å². The normalized spacial score (nSPS) is 21.2. The molecule has 4 aromatic rings. The lowest BCUT2D eigenvalue weighted by Gasteiger charge is -2.27. The Labute approximate surface area is 243 Å². The largest absolute Gasteiger partial charge is 0.325 e. The third kappa shape index (κ3) is 4.79. The molecule has 1 aliphatic carbocycles. The van der Waals surface area contributed by atoms with Gasteiger partial charge in [-0.25, -0.2) is 9.97 Å². The molecule has 210 valence electrons. The van der Waals surface area contributed by atoms with Crippen LogP contribution in [-0.2, 0) is 16.1 Å². The molecule has 6 rings (SSSR count). The van der Waals surface area contributed by atoms with Crippen LogP contribution >= 0.6 is 15.9 Å². The van der Waals surface area contributed by atoms with Gasteiger partial charge in [0, 0.05) is 24.0 Å². The highest BCUT2D eigenvalue weighted by atomic mass is 79.9. The fraction of sp³-hybridized carbons (Fsp3) is 0.345. The number of fused-ring (bicyclic) bond motifs is 2. The Bertz CT molecular complexity index is 1770. The number of rotatable bonds is 6. The number of pyridine rings is 3. The third-order valence-corrected chi connectivity index (χ3v) is 8.49. The molecule has 1 saturated carbocycles. The van der Waals surface area contributed by atoms with Gasteiger partial charge in [-0.3, -0.25) is 24.0 Å². The number of nitrogens with one attached hydrogen (secondary N) is 1. The van der Waals surface area contributed by atoms with Crippen molar-refractivity contribution in [1.82, 2.24) is 29.6 Å². The fourth-order valence-corrected chi connectivity index (χ4v) is 6.03. The van der Waals surface area contributed by atoms with Crippen molar-refractivity contribution in [2.75, 3.05) is 5.32 Å². The predicted octanol–water partition coefficient (Wildman–Crippen LogP) is 4.63. The molecule has 41 heavy (non-hydrogen) atoms. The number of anilines is 1. The van der Waals surface area contributed by atoms with E-state index in [0.717, 1.165) is 12.0 Å². The van der Waals surface area contributed by atoms with E-state index >= 15 is 0 Å². The van der Waals surface area contributed by atoms with E-state index in [-0.39, 0.29) is 46.9 Å². The molecule has 0 spiro atoms. The third-order valence-electron chi connectivity index (χ3n) is 8.05. The maximum atomic E-state index is 14.6. The molecule has 1 saturated heterocycles. The van der Waals surface area contributed by atoms with Gasteiger partial charge in [-0.1, -0.05) is 13.0 Å². The monoisotopic (exact) mass is 619 g/mol. The van der Waals surface area contributed by atoms with Gasteiger partial charge >= 0.3 is 0 Å². The van der Waals surface area contributed by atoms with Crippen LogP contribution < -0.4 is 5.32 Å².